The van der Waals surface area contributed by atoms with Crippen molar-refractivity contribution < 1.29 is 42.2 Å². The predicted molar refractivity (Wildman–Crippen MR) is 212 cm³/mol. The summed E-state index contributed by atoms with van der Waals surface area (Å²) in [6.07, 6.45) is -1.92. The van der Waals surface area contributed by atoms with Gasteiger partial charge in [-0.2, -0.15) is 0 Å². The third-order valence-corrected chi connectivity index (χ3v) is 11.2. The van der Waals surface area contributed by atoms with Crippen LogP contribution in [0.2, 0.25) is 0 Å². The Morgan fingerprint density at radius 1 is 0.789 bits per heavy atom. The van der Waals surface area contributed by atoms with Gasteiger partial charge >= 0.3 is 0 Å². The van der Waals surface area contributed by atoms with Gasteiger partial charge in [0.05, 0.1) is 27.8 Å². The summed E-state index contributed by atoms with van der Waals surface area (Å²) in [4.78, 5) is 65.7. The summed E-state index contributed by atoms with van der Waals surface area (Å²) >= 11 is 0. The van der Waals surface area contributed by atoms with Gasteiger partial charge in [0.2, 0.25) is 21.7 Å². The van der Waals surface area contributed by atoms with Crippen molar-refractivity contribution >= 4 is 50.0 Å². The molecular formula is C43H42N4O9S. The molecule has 5 aromatic carbocycles. The summed E-state index contributed by atoms with van der Waals surface area (Å²) in [5.74, 6) is -3.41. The quantitative estimate of drug-likeness (QED) is 0.115. The Morgan fingerprint density at radius 2 is 1.46 bits per heavy atom. The maximum absolute atomic E-state index is 13.9. The molecular weight excluding hydrogens is 749 g/mol. The first-order chi connectivity index (χ1) is 27.0. The zero-order valence-corrected chi connectivity index (χ0v) is 32.3. The maximum atomic E-state index is 13.9. The van der Waals surface area contributed by atoms with E-state index in [1.54, 1.807) is 60.7 Å². The van der Waals surface area contributed by atoms with Crippen LogP contribution in [0.3, 0.4) is 0 Å². The molecule has 0 aromatic heterocycles. The molecule has 0 saturated heterocycles. The molecule has 0 saturated carbocycles. The molecule has 4 amide bonds. The topological polar surface area (TPSA) is 211 Å². The molecule has 6 N–H and O–H groups in total. The summed E-state index contributed by atoms with van der Waals surface area (Å²) < 4.78 is 33.0. The lowest BCUT2D eigenvalue weighted by atomic mass is 9.99. The lowest BCUT2D eigenvalue weighted by molar-refractivity contribution is -0.128. The van der Waals surface area contributed by atoms with Gasteiger partial charge in [-0.05, 0) is 79.9 Å². The number of nitrogens with one attached hydrogen (secondary N) is 3. The molecule has 0 unspecified atom stereocenters. The number of aliphatic hydroxyl groups is 1. The summed E-state index contributed by atoms with van der Waals surface area (Å²) in [7, 11) is -4.18. The largest absolute Gasteiger partial charge is 0.490 e. The third-order valence-electron chi connectivity index (χ3n) is 9.33. The fraction of sp³-hybridized carbons (Fsp3) is 0.233. The van der Waals surface area contributed by atoms with Crippen LogP contribution in [0.25, 0.3) is 10.8 Å². The second-order valence-corrected chi connectivity index (χ2v) is 16.7. The van der Waals surface area contributed by atoms with Crippen LogP contribution >= 0.6 is 0 Å². The molecule has 57 heavy (non-hydrogen) atoms. The van der Waals surface area contributed by atoms with E-state index in [0.29, 0.717) is 5.39 Å². The standard InChI is InChI=1S/C43H42N4O9S/c1-43(2,3)47-42(53)38-28-14-8-7-13-26(28)18-20-34(38)56-24-33(48)31(21-25-11-5-4-6-12-25)45-41(52)32(23-37(44)49)46-40(51)27-17-19-30-36(22-27)57(54,55)35-16-10-9-15-29(35)39(30)50/h4-20,22,31-33,48H,21,23-24H2,1-3H3,(H2,44,49)(H,45,52)(H,46,51)(H,47,53)/t31-,32-,33+/m0/s1. The van der Waals surface area contributed by atoms with Crippen molar-refractivity contribution in [1.29, 1.82) is 0 Å². The first kappa shape index (κ1) is 40.3. The molecule has 0 spiro atoms. The highest BCUT2D eigenvalue weighted by Gasteiger charge is 2.36. The lowest BCUT2D eigenvalue weighted by Crippen LogP contribution is -2.55. The van der Waals surface area contributed by atoms with E-state index >= 15 is 0 Å². The van der Waals surface area contributed by atoms with Crippen molar-refractivity contribution in [3.05, 3.63) is 137 Å². The number of hydrogen-bond acceptors (Lipinski definition) is 9. The Hall–Kier alpha value is -6.38. The van der Waals surface area contributed by atoms with Gasteiger partial charge in [-0.25, -0.2) is 8.42 Å². The number of aliphatic hydroxyl groups excluding tert-OH is 1. The number of sulfone groups is 1. The number of benzene rings is 5. The minimum absolute atomic E-state index is 0.0155. The number of hydrogen-bond donors (Lipinski definition) is 5. The van der Waals surface area contributed by atoms with E-state index in [1.165, 1.54) is 30.3 Å². The predicted octanol–water partition coefficient (Wildman–Crippen LogP) is 3.89. The van der Waals surface area contributed by atoms with Crippen LogP contribution in [0, 0.1) is 0 Å². The van der Waals surface area contributed by atoms with Gasteiger partial charge in [0, 0.05) is 22.2 Å². The van der Waals surface area contributed by atoms with Gasteiger partial charge in [-0.15, -0.1) is 0 Å². The van der Waals surface area contributed by atoms with Crippen molar-refractivity contribution in [2.45, 2.75) is 67.1 Å². The molecule has 6 rings (SSSR count). The summed E-state index contributed by atoms with van der Waals surface area (Å²) in [5, 5.41) is 21.2. The molecule has 5 aromatic rings. The monoisotopic (exact) mass is 790 g/mol. The number of rotatable bonds is 13. The van der Waals surface area contributed by atoms with Crippen LogP contribution in [0.4, 0.5) is 0 Å². The smallest absolute Gasteiger partial charge is 0.256 e. The number of carbonyl (C=O) groups is 5. The van der Waals surface area contributed by atoms with Gasteiger partial charge in [0.1, 0.15) is 24.5 Å². The van der Waals surface area contributed by atoms with E-state index in [4.69, 9.17) is 10.5 Å². The highest BCUT2D eigenvalue weighted by atomic mass is 32.2. The minimum atomic E-state index is -4.18. The van der Waals surface area contributed by atoms with Crippen LogP contribution in [0.15, 0.2) is 119 Å². The van der Waals surface area contributed by atoms with Gasteiger partial charge in [0.25, 0.3) is 11.8 Å². The molecule has 294 valence electrons. The molecule has 0 radical (unpaired) electrons. The normalized spacial score (nSPS) is 14.6. The third kappa shape index (κ3) is 9.03. The maximum Gasteiger partial charge on any atom is 0.256 e. The summed E-state index contributed by atoms with van der Waals surface area (Å²) in [6, 6.07) is 26.4. The van der Waals surface area contributed by atoms with Crippen LogP contribution in [0.5, 0.6) is 5.75 Å². The van der Waals surface area contributed by atoms with Crippen LogP contribution in [0.1, 0.15) is 69.4 Å². The van der Waals surface area contributed by atoms with Crippen LogP contribution in [-0.2, 0) is 25.8 Å². The van der Waals surface area contributed by atoms with Crippen molar-refractivity contribution in [3.63, 3.8) is 0 Å². The molecule has 14 heteroatoms. The Labute approximate surface area is 329 Å². The van der Waals surface area contributed by atoms with Gasteiger partial charge in [0.15, 0.2) is 5.78 Å². The van der Waals surface area contributed by atoms with E-state index in [0.717, 1.165) is 17.0 Å². The second-order valence-electron chi connectivity index (χ2n) is 14.8. The molecule has 1 heterocycles. The van der Waals surface area contributed by atoms with Gasteiger partial charge in [-0.1, -0.05) is 72.8 Å². The molecule has 13 nitrogen and oxygen atoms in total. The molecule has 0 aliphatic carbocycles. The van der Waals surface area contributed by atoms with Gasteiger partial charge in [-0.3, -0.25) is 24.0 Å². The van der Waals surface area contributed by atoms with Gasteiger partial charge < -0.3 is 31.5 Å². The van der Waals surface area contributed by atoms with E-state index in [-0.39, 0.29) is 56.7 Å². The van der Waals surface area contributed by atoms with Crippen molar-refractivity contribution in [2.24, 2.45) is 5.73 Å². The van der Waals surface area contributed by atoms with E-state index in [2.05, 4.69) is 16.0 Å². The Bertz CT molecular complexity index is 2500. The number of nitrogens with two attached hydrogens (primary N) is 1. The van der Waals surface area contributed by atoms with Crippen molar-refractivity contribution in [2.75, 3.05) is 6.61 Å². The van der Waals surface area contributed by atoms with Crippen LogP contribution in [-0.4, -0.2) is 73.3 Å². The number of ether oxygens (including phenoxy) is 1. The zero-order chi connectivity index (χ0) is 41.1. The van der Waals surface area contributed by atoms with E-state index < -0.39 is 63.5 Å². The number of fused-ring (bicyclic) bond motifs is 3. The number of primary amides is 1. The van der Waals surface area contributed by atoms with E-state index in [1.807, 2.05) is 32.9 Å². The molecule has 3 atom stereocenters. The zero-order valence-electron chi connectivity index (χ0n) is 31.4. The lowest BCUT2D eigenvalue weighted by Gasteiger charge is -2.28. The number of amides is 4. The SMILES string of the molecule is CC(C)(C)NC(=O)c1c(OC[C@@H](O)[C@H](Cc2ccccc2)NC(=O)[C@H](CC(N)=O)NC(=O)c2ccc3c(c2)S(=O)(=O)c2ccccc2C3=O)ccc2ccccc12. The molecule has 1 aliphatic heterocycles. The Balaban J connectivity index is 1.24. The minimum Gasteiger partial charge on any atom is -0.490 e. The Morgan fingerprint density at radius 3 is 2.18 bits per heavy atom. The first-order valence-electron chi connectivity index (χ1n) is 18.1. The molecule has 0 bridgehead atoms. The molecule has 0 fully saturated rings. The number of carbonyl (C=O) groups excluding carboxylic acids is 5. The summed E-state index contributed by atoms with van der Waals surface area (Å²) in [5.41, 5.74) is 5.65. The second kappa shape index (κ2) is 16.4. The van der Waals surface area contributed by atoms with Crippen LogP contribution < -0.4 is 26.4 Å². The molecule has 1 aliphatic rings. The first-order valence-corrected chi connectivity index (χ1v) is 19.6. The fourth-order valence-electron chi connectivity index (χ4n) is 6.61. The highest BCUT2D eigenvalue weighted by Crippen LogP contribution is 2.35. The highest BCUT2D eigenvalue weighted by molar-refractivity contribution is 7.91. The fourth-order valence-corrected chi connectivity index (χ4v) is 8.29. The number of ketones is 1. The van der Waals surface area contributed by atoms with Crippen molar-refractivity contribution in [3.8, 4) is 5.75 Å². The summed E-state index contributed by atoms with van der Waals surface area (Å²) in [6.45, 7) is 5.18. The van der Waals surface area contributed by atoms with Crippen molar-refractivity contribution in [1.82, 2.24) is 16.0 Å². The average molecular weight is 791 g/mol. The van der Waals surface area contributed by atoms with E-state index in [9.17, 15) is 37.5 Å². The average Bonchev–Trinajstić information content (AvgIpc) is 3.17. The Kier molecular flexibility index (Phi) is 11.6.